The topological polar surface area (TPSA) is 92.8 Å². The minimum absolute atomic E-state index is 0.0213. The predicted molar refractivity (Wildman–Crippen MR) is 196 cm³/mol. The van der Waals surface area contributed by atoms with Gasteiger partial charge in [-0.05, 0) is 82.7 Å². The molecule has 0 unspecified atom stereocenters. The van der Waals surface area contributed by atoms with Gasteiger partial charge in [0.15, 0.2) is 11.6 Å². The van der Waals surface area contributed by atoms with Crippen LogP contribution < -0.4 is 4.74 Å². The normalized spacial score (nSPS) is 16.9. The molecule has 0 radical (unpaired) electrons. The number of rotatable bonds is 6. The number of carbonyl (C=O) groups excluding carboxylic acids is 2. The Bertz CT molecular complexity index is 2180. The molecule has 0 aliphatic heterocycles. The number of Topliss-reactive ketones (excluding diaryl/α,β-unsaturated/α-hetero) is 1. The highest BCUT2D eigenvalue weighted by atomic mass is 16.5. The fraction of sp³-hybridized carbons (Fsp3) is 0.190. The first-order chi connectivity index (χ1) is 23.4. The van der Waals surface area contributed by atoms with E-state index in [9.17, 15) is 9.59 Å². The number of nitrogens with zero attached hydrogens (tertiary/aromatic N) is 4. The molecule has 0 saturated heterocycles. The summed E-state index contributed by atoms with van der Waals surface area (Å²) >= 11 is 0. The van der Waals surface area contributed by atoms with Gasteiger partial charge in [0.05, 0.1) is 23.8 Å². The van der Waals surface area contributed by atoms with Crippen molar-refractivity contribution in [2.24, 2.45) is 31.3 Å². The average Bonchev–Trinajstić information content (AvgIpc) is 3.07. The lowest BCUT2D eigenvalue weighted by molar-refractivity contribution is -0.112. The van der Waals surface area contributed by atoms with Gasteiger partial charge in [-0.15, -0.1) is 0 Å². The van der Waals surface area contributed by atoms with E-state index in [1.807, 2.05) is 139 Å². The van der Waals surface area contributed by atoms with Crippen molar-refractivity contribution in [3.63, 3.8) is 0 Å². The molecule has 0 N–H and O–H groups in total. The summed E-state index contributed by atoms with van der Waals surface area (Å²) in [6, 6.07) is 26.6. The number of hydrogen-bond donors (Lipinski definition) is 0. The Labute approximate surface area is 286 Å². The maximum absolute atomic E-state index is 13.1. The first-order valence-electron chi connectivity index (χ1n) is 16.2. The van der Waals surface area contributed by atoms with E-state index >= 15 is 0 Å². The Kier molecular flexibility index (Phi) is 9.02. The van der Waals surface area contributed by atoms with Crippen LogP contribution in [0.1, 0.15) is 57.5 Å². The summed E-state index contributed by atoms with van der Waals surface area (Å²) in [6.07, 6.45) is 10.5. The molecule has 0 spiro atoms. The molecule has 49 heavy (non-hydrogen) atoms. The number of azo groups is 2. The second-order valence-corrected chi connectivity index (χ2v) is 14.1. The van der Waals surface area contributed by atoms with E-state index in [4.69, 9.17) is 4.74 Å². The lowest BCUT2D eigenvalue weighted by Gasteiger charge is -2.27. The van der Waals surface area contributed by atoms with Crippen LogP contribution in [-0.2, 0) is 4.79 Å². The molecule has 2 aliphatic carbocycles. The van der Waals surface area contributed by atoms with Crippen LogP contribution in [0.5, 0.6) is 11.5 Å². The molecule has 0 saturated carbocycles. The van der Waals surface area contributed by atoms with Crippen molar-refractivity contribution in [3.05, 3.63) is 149 Å². The molecule has 0 fully saturated rings. The van der Waals surface area contributed by atoms with E-state index in [-0.39, 0.29) is 22.4 Å². The van der Waals surface area contributed by atoms with Crippen molar-refractivity contribution in [2.75, 3.05) is 0 Å². The van der Waals surface area contributed by atoms with Gasteiger partial charge in [-0.25, -0.2) is 0 Å². The molecular weight excluding hydrogens is 608 g/mol. The van der Waals surface area contributed by atoms with Crippen LogP contribution in [0.25, 0.3) is 16.3 Å². The van der Waals surface area contributed by atoms with Crippen LogP contribution in [0.2, 0.25) is 0 Å². The lowest BCUT2D eigenvalue weighted by atomic mass is 9.76. The molecule has 7 nitrogen and oxygen atoms in total. The third kappa shape index (κ3) is 7.36. The zero-order chi connectivity index (χ0) is 34.8. The summed E-state index contributed by atoms with van der Waals surface area (Å²) in [6.45, 7) is 12.2. The van der Waals surface area contributed by atoms with Gasteiger partial charge in [-0.1, -0.05) is 90.1 Å². The number of ketones is 2. The SMILES string of the molecule is CC(C)(C)C1=CC(=CN=Nc2ccc(Oc3ccc(N=NC=C4C=C(C(C)(C)C)C(=O)c5ccccc54)cc3)c3ccccc23)C=CC1=O. The molecule has 0 bridgehead atoms. The van der Waals surface area contributed by atoms with Crippen LogP contribution >= 0.6 is 0 Å². The number of benzene rings is 4. The van der Waals surface area contributed by atoms with Crippen LogP contribution in [0.15, 0.2) is 159 Å². The highest BCUT2D eigenvalue weighted by Crippen LogP contribution is 2.39. The molecule has 4 aromatic carbocycles. The second kappa shape index (κ2) is 13.4. The number of allylic oxidation sites excluding steroid dienone is 8. The van der Waals surface area contributed by atoms with E-state index in [0.717, 1.165) is 38.6 Å². The van der Waals surface area contributed by atoms with E-state index in [1.54, 1.807) is 24.6 Å². The monoisotopic (exact) mass is 646 g/mol. The van der Waals surface area contributed by atoms with Crippen LogP contribution in [0.3, 0.4) is 0 Å². The summed E-state index contributed by atoms with van der Waals surface area (Å²) in [7, 11) is 0. The first-order valence-corrected chi connectivity index (χ1v) is 16.2. The Morgan fingerprint density at radius 1 is 0.612 bits per heavy atom. The quantitative estimate of drug-likeness (QED) is 0.195. The minimum Gasteiger partial charge on any atom is -0.457 e. The molecule has 4 aromatic rings. The smallest absolute Gasteiger partial charge is 0.190 e. The minimum atomic E-state index is -0.297. The number of fused-ring (bicyclic) bond motifs is 2. The van der Waals surface area contributed by atoms with Gasteiger partial charge in [0.2, 0.25) is 0 Å². The third-order valence-electron chi connectivity index (χ3n) is 8.31. The Morgan fingerprint density at radius 2 is 1.27 bits per heavy atom. The second-order valence-electron chi connectivity index (χ2n) is 14.1. The van der Waals surface area contributed by atoms with Crippen molar-refractivity contribution in [2.45, 2.75) is 41.5 Å². The maximum atomic E-state index is 13.1. The fourth-order valence-corrected chi connectivity index (χ4v) is 5.71. The third-order valence-corrected chi connectivity index (χ3v) is 8.31. The highest BCUT2D eigenvalue weighted by Gasteiger charge is 2.30. The molecule has 6 rings (SSSR count). The van der Waals surface area contributed by atoms with Gasteiger partial charge in [0.1, 0.15) is 11.5 Å². The summed E-state index contributed by atoms with van der Waals surface area (Å²) in [5.41, 5.74) is 5.51. The summed E-state index contributed by atoms with van der Waals surface area (Å²) < 4.78 is 6.29. The van der Waals surface area contributed by atoms with Gasteiger partial charge in [0, 0.05) is 33.1 Å². The Balaban J connectivity index is 1.19. The Morgan fingerprint density at radius 3 is 1.98 bits per heavy atom. The number of carbonyl (C=O) groups is 2. The van der Waals surface area contributed by atoms with Crippen molar-refractivity contribution in [3.8, 4) is 11.5 Å². The zero-order valence-corrected chi connectivity index (χ0v) is 28.6. The standard InChI is InChI=1S/C42H38N4O3/c1-41(2,3)35-23-27(15-21-38(35)47)25-43-46-37-20-22-39(33-13-9-8-12-32(33)37)49-30-18-16-29(17-19-30)45-44-26-28-24-36(42(4,5)6)40(48)34-14-10-7-11-31(28)34/h7-26H,1-6H3. The average molecular weight is 647 g/mol. The van der Waals surface area contributed by atoms with Crippen molar-refractivity contribution < 1.29 is 14.3 Å². The molecule has 0 atom stereocenters. The number of ether oxygens (including phenoxy) is 1. The van der Waals surface area contributed by atoms with Crippen molar-refractivity contribution >= 4 is 39.3 Å². The van der Waals surface area contributed by atoms with Gasteiger partial charge >= 0.3 is 0 Å². The summed E-state index contributed by atoms with van der Waals surface area (Å²) in [4.78, 5) is 25.4. The fourth-order valence-electron chi connectivity index (χ4n) is 5.71. The molecular formula is C42H38N4O3. The van der Waals surface area contributed by atoms with E-state index in [2.05, 4.69) is 20.5 Å². The van der Waals surface area contributed by atoms with Gasteiger partial charge in [0.25, 0.3) is 0 Å². The van der Waals surface area contributed by atoms with Gasteiger partial charge in [-0.2, -0.15) is 20.5 Å². The van der Waals surface area contributed by atoms with Crippen molar-refractivity contribution in [1.82, 2.24) is 0 Å². The zero-order valence-electron chi connectivity index (χ0n) is 28.6. The first kappa shape index (κ1) is 33.1. The predicted octanol–water partition coefficient (Wildman–Crippen LogP) is 12.0. The van der Waals surface area contributed by atoms with Crippen LogP contribution in [0.4, 0.5) is 11.4 Å². The molecule has 0 aromatic heterocycles. The van der Waals surface area contributed by atoms with E-state index in [0.29, 0.717) is 28.4 Å². The molecule has 0 heterocycles. The maximum Gasteiger partial charge on any atom is 0.190 e. The largest absolute Gasteiger partial charge is 0.457 e. The van der Waals surface area contributed by atoms with E-state index in [1.165, 1.54) is 0 Å². The molecule has 0 amide bonds. The summed E-state index contributed by atoms with van der Waals surface area (Å²) in [5, 5.41) is 19.4. The highest BCUT2D eigenvalue weighted by molar-refractivity contribution is 6.16. The Hall–Kier alpha value is -5.82. The molecule has 7 heteroatoms. The molecule has 244 valence electrons. The lowest BCUT2D eigenvalue weighted by Crippen LogP contribution is -2.22. The van der Waals surface area contributed by atoms with Gasteiger partial charge < -0.3 is 4.74 Å². The van der Waals surface area contributed by atoms with Crippen molar-refractivity contribution in [1.29, 1.82) is 0 Å². The molecule has 2 aliphatic rings. The van der Waals surface area contributed by atoms with E-state index < -0.39 is 0 Å². The van der Waals surface area contributed by atoms with Gasteiger partial charge in [-0.3, -0.25) is 9.59 Å². The van der Waals surface area contributed by atoms with Crippen LogP contribution in [0, 0.1) is 10.8 Å². The summed E-state index contributed by atoms with van der Waals surface area (Å²) in [5.74, 6) is 1.41. The number of hydrogen-bond acceptors (Lipinski definition) is 7. The van der Waals surface area contributed by atoms with Crippen LogP contribution in [-0.4, -0.2) is 11.6 Å².